The fourth-order valence-electron chi connectivity index (χ4n) is 4.28. The van der Waals surface area contributed by atoms with Crippen LogP contribution in [0.1, 0.15) is 16.8 Å². The molecule has 0 saturated carbocycles. The molecule has 7 nitrogen and oxygen atoms in total. The molecule has 0 aliphatic heterocycles. The first kappa shape index (κ1) is 21.2. The van der Waals surface area contributed by atoms with Gasteiger partial charge in [-0.25, -0.2) is 13.4 Å². The fourth-order valence-corrected chi connectivity index (χ4v) is 5.61. The van der Waals surface area contributed by atoms with Gasteiger partial charge in [-0.15, -0.1) is 0 Å². The van der Waals surface area contributed by atoms with Gasteiger partial charge in [0.2, 0.25) is 5.95 Å². The topological polar surface area (TPSA) is 87.2 Å². The molecule has 2 N–H and O–H groups in total. The largest absolute Gasteiger partial charge is 0.363 e. The molecule has 0 fully saturated rings. The van der Waals surface area contributed by atoms with Crippen LogP contribution in [0.2, 0.25) is 0 Å². The van der Waals surface area contributed by atoms with E-state index in [0.717, 1.165) is 46.4 Å². The molecule has 168 valence electrons. The third kappa shape index (κ3) is 4.09. The monoisotopic (exact) mass is 459 g/mol. The highest BCUT2D eigenvalue weighted by atomic mass is 32.2. The van der Waals surface area contributed by atoms with Crippen molar-refractivity contribution in [3.63, 3.8) is 0 Å². The van der Waals surface area contributed by atoms with E-state index >= 15 is 0 Å². The lowest BCUT2D eigenvalue weighted by molar-refractivity contribution is 0.600. The van der Waals surface area contributed by atoms with Crippen LogP contribution in [-0.2, 0) is 22.9 Å². The lowest BCUT2D eigenvalue weighted by Crippen LogP contribution is -2.15. The van der Waals surface area contributed by atoms with E-state index in [1.54, 1.807) is 30.3 Å². The van der Waals surface area contributed by atoms with Gasteiger partial charge < -0.3 is 10.2 Å². The molecule has 0 atom stereocenters. The second-order valence-corrected chi connectivity index (χ2v) is 10.1. The summed E-state index contributed by atoms with van der Waals surface area (Å²) < 4.78 is 29.2. The van der Waals surface area contributed by atoms with E-state index in [1.807, 2.05) is 50.2 Å². The molecule has 1 aliphatic rings. The number of aryl methyl sites for hydroxylation is 3. The standard InChI is InChI=1S/C25H25N5O2S/c1-16-15-23(30(2)3)28-25(26-16)27-19-9-11-20(12-10-19)29-33(31,32)22-14-8-18-6-4-5-17-7-13-21(22)24(17)18/h4-6,8-12,14-15,29H,7,13H2,1-3H3,(H,26,27,28). The zero-order valence-corrected chi connectivity index (χ0v) is 19.6. The molecular formula is C25H25N5O2S. The lowest BCUT2D eigenvalue weighted by atomic mass is 10.1. The summed E-state index contributed by atoms with van der Waals surface area (Å²) in [5.74, 6) is 1.29. The van der Waals surface area contributed by atoms with Crippen LogP contribution >= 0.6 is 0 Å². The van der Waals surface area contributed by atoms with Gasteiger partial charge in [-0.05, 0) is 72.0 Å². The van der Waals surface area contributed by atoms with E-state index in [2.05, 4.69) is 26.1 Å². The van der Waals surface area contributed by atoms with Crippen LogP contribution in [0.3, 0.4) is 0 Å². The Kier molecular flexibility index (Phi) is 5.17. The minimum absolute atomic E-state index is 0.353. The Labute approximate surface area is 193 Å². The second-order valence-electron chi connectivity index (χ2n) is 8.45. The van der Waals surface area contributed by atoms with Gasteiger partial charge >= 0.3 is 0 Å². The van der Waals surface area contributed by atoms with Gasteiger partial charge in [-0.1, -0.05) is 24.3 Å². The van der Waals surface area contributed by atoms with Crippen molar-refractivity contribution in [3.05, 3.63) is 77.5 Å². The van der Waals surface area contributed by atoms with Crippen molar-refractivity contribution in [2.45, 2.75) is 24.7 Å². The minimum atomic E-state index is -3.71. The van der Waals surface area contributed by atoms with E-state index < -0.39 is 10.0 Å². The normalized spacial score (nSPS) is 12.7. The summed E-state index contributed by atoms with van der Waals surface area (Å²) in [4.78, 5) is 11.2. The van der Waals surface area contributed by atoms with Crippen LogP contribution < -0.4 is 14.9 Å². The van der Waals surface area contributed by atoms with E-state index in [9.17, 15) is 8.42 Å². The first-order chi connectivity index (χ1) is 15.8. The number of benzene rings is 3. The van der Waals surface area contributed by atoms with Gasteiger partial charge in [-0.2, -0.15) is 4.98 Å². The summed E-state index contributed by atoms with van der Waals surface area (Å²) in [5, 5.41) is 5.35. The van der Waals surface area contributed by atoms with Crippen LogP contribution in [0, 0.1) is 6.92 Å². The first-order valence-electron chi connectivity index (χ1n) is 10.8. The smallest absolute Gasteiger partial charge is 0.262 e. The summed E-state index contributed by atoms with van der Waals surface area (Å²) in [5.41, 5.74) is 4.24. The van der Waals surface area contributed by atoms with Gasteiger partial charge in [0.15, 0.2) is 0 Å². The van der Waals surface area contributed by atoms with Crippen molar-refractivity contribution < 1.29 is 8.42 Å². The predicted molar refractivity (Wildman–Crippen MR) is 133 cm³/mol. The maximum absolute atomic E-state index is 13.2. The Bertz CT molecular complexity index is 1460. The average molecular weight is 460 g/mol. The second kappa shape index (κ2) is 8.04. The molecule has 33 heavy (non-hydrogen) atoms. The quantitative estimate of drug-likeness (QED) is 0.437. The van der Waals surface area contributed by atoms with Crippen LogP contribution in [0.25, 0.3) is 10.8 Å². The number of rotatable bonds is 6. The van der Waals surface area contributed by atoms with Crippen LogP contribution in [0.5, 0.6) is 0 Å². The van der Waals surface area contributed by atoms with Crippen molar-refractivity contribution in [1.29, 1.82) is 0 Å². The molecule has 0 amide bonds. The van der Waals surface area contributed by atoms with Gasteiger partial charge in [0.1, 0.15) is 5.82 Å². The summed E-state index contributed by atoms with van der Waals surface area (Å²) in [7, 11) is 0.144. The Morgan fingerprint density at radius 1 is 0.909 bits per heavy atom. The molecule has 1 aliphatic carbocycles. The van der Waals surface area contributed by atoms with Crippen LogP contribution in [0.4, 0.5) is 23.1 Å². The van der Waals surface area contributed by atoms with Crippen LogP contribution in [-0.4, -0.2) is 32.5 Å². The lowest BCUT2D eigenvalue weighted by Gasteiger charge is -2.14. The highest BCUT2D eigenvalue weighted by Crippen LogP contribution is 2.35. The highest BCUT2D eigenvalue weighted by molar-refractivity contribution is 7.92. The molecule has 0 spiro atoms. The molecule has 0 bridgehead atoms. The summed E-state index contributed by atoms with van der Waals surface area (Å²) in [6.45, 7) is 1.92. The van der Waals surface area contributed by atoms with Crippen molar-refractivity contribution in [2.24, 2.45) is 0 Å². The molecule has 5 rings (SSSR count). The molecule has 0 saturated heterocycles. The SMILES string of the molecule is Cc1cc(N(C)C)nc(Nc2ccc(NS(=O)(=O)c3ccc4cccc5c4c3CC5)cc2)n1. The predicted octanol–water partition coefficient (Wildman–Crippen LogP) is 4.65. The third-order valence-electron chi connectivity index (χ3n) is 5.82. The maximum atomic E-state index is 13.2. The number of nitrogens with zero attached hydrogens (tertiary/aromatic N) is 3. The number of nitrogens with one attached hydrogen (secondary N) is 2. The van der Waals surface area contributed by atoms with Gasteiger partial charge in [0.05, 0.1) is 4.90 Å². The highest BCUT2D eigenvalue weighted by Gasteiger charge is 2.24. The Morgan fingerprint density at radius 2 is 1.67 bits per heavy atom. The van der Waals surface area contributed by atoms with E-state index in [0.29, 0.717) is 16.5 Å². The molecule has 0 radical (unpaired) electrons. The first-order valence-corrected chi connectivity index (χ1v) is 12.2. The molecule has 1 aromatic heterocycles. The molecule has 8 heteroatoms. The summed E-state index contributed by atoms with van der Waals surface area (Å²) in [6.07, 6.45) is 1.61. The fraction of sp³-hybridized carbons (Fsp3) is 0.200. The van der Waals surface area contributed by atoms with E-state index in [4.69, 9.17) is 0 Å². The zero-order valence-electron chi connectivity index (χ0n) is 18.8. The Balaban J connectivity index is 1.38. The minimum Gasteiger partial charge on any atom is -0.363 e. The summed E-state index contributed by atoms with van der Waals surface area (Å²) in [6, 6.07) is 18.7. The number of hydrogen-bond donors (Lipinski definition) is 2. The zero-order chi connectivity index (χ0) is 23.2. The number of aromatic nitrogens is 2. The van der Waals surface area contributed by atoms with Gasteiger partial charge in [-0.3, -0.25) is 4.72 Å². The van der Waals surface area contributed by atoms with Crippen molar-refractivity contribution >= 4 is 43.9 Å². The molecule has 0 unspecified atom stereocenters. The molecule has 4 aromatic rings. The number of sulfonamides is 1. The molecular weight excluding hydrogens is 434 g/mol. The van der Waals surface area contributed by atoms with Crippen molar-refractivity contribution in [1.82, 2.24) is 9.97 Å². The Morgan fingerprint density at radius 3 is 2.42 bits per heavy atom. The van der Waals surface area contributed by atoms with Gasteiger partial charge in [0.25, 0.3) is 10.0 Å². The summed E-state index contributed by atoms with van der Waals surface area (Å²) >= 11 is 0. The van der Waals surface area contributed by atoms with Crippen molar-refractivity contribution in [2.75, 3.05) is 29.0 Å². The molecule has 3 aromatic carbocycles. The third-order valence-corrected chi connectivity index (χ3v) is 7.29. The van der Waals surface area contributed by atoms with Crippen molar-refractivity contribution in [3.8, 4) is 0 Å². The van der Waals surface area contributed by atoms with E-state index in [1.165, 1.54) is 5.56 Å². The van der Waals surface area contributed by atoms with Crippen LogP contribution in [0.15, 0.2) is 65.6 Å². The number of hydrogen-bond acceptors (Lipinski definition) is 6. The Hall–Kier alpha value is -3.65. The molecule has 1 heterocycles. The van der Waals surface area contributed by atoms with Gasteiger partial charge in [0, 0.05) is 37.2 Å². The maximum Gasteiger partial charge on any atom is 0.262 e. The number of anilines is 4. The average Bonchev–Trinajstić information content (AvgIpc) is 3.20. The van der Waals surface area contributed by atoms with E-state index in [-0.39, 0.29) is 0 Å².